The lowest BCUT2D eigenvalue weighted by molar-refractivity contribution is -0.384. The maximum absolute atomic E-state index is 12.1. The molecule has 0 saturated carbocycles. The summed E-state index contributed by atoms with van der Waals surface area (Å²) in [7, 11) is 0. The molecule has 21 heavy (non-hydrogen) atoms. The largest absolute Gasteiger partial charge is 0.508 e. The van der Waals surface area contributed by atoms with Gasteiger partial charge in [0.15, 0.2) is 0 Å². The molecule has 0 unspecified atom stereocenters. The predicted octanol–water partition coefficient (Wildman–Crippen LogP) is 3.17. The van der Waals surface area contributed by atoms with Gasteiger partial charge in [0, 0.05) is 23.4 Å². The van der Waals surface area contributed by atoms with Crippen molar-refractivity contribution in [3.63, 3.8) is 0 Å². The molecule has 2 rings (SSSR count). The minimum absolute atomic E-state index is 0.123. The molecule has 0 atom stereocenters. The van der Waals surface area contributed by atoms with Gasteiger partial charge >= 0.3 is 0 Å². The van der Waals surface area contributed by atoms with E-state index < -0.39 is 10.8 Å². The minimum Gasteiger partial charge on any atom is -0.508 e. The molecule has 0 fully saturated rings. The van der Waals surface area contributed by atoms with Gasteiger partial charge in [0.05, 0.1) is 4.92 Å². The Bertz CT molecular complexity index is 726. The summed E-state index contributed by atoms with van der Waals surface area (Å²) in [6, 6.07) is 8.87. The molecule has 0 aliphatic carbocycles. The second-order valence-corrected chi connectivity index (χ2v) is 4.77. The fourth-order valence-corrected chi connectivity index (χ4v) is 1.94. The molecule has 0 heterocycles. The Morgan fingerprint density at radius 1 is 1.19 bits per heavy atom. The van der Waals surface area contributed by atoms with Crippen molar-refractivity contribution in [1.29, 1.82) is 0 Å². The number of rotatable bonds is 3. The van der Waals surface area contributed by atoms with Gasteiger partial charge < -0.3 is 10.4 Å². The van der Waals surface area contributed by atoms with Crippen LogP contribution in [0.4, 0.5) is 11.4 Å². The molecule has 0 bridgehead atoms. The van der Waals surface area contributed by atoms with E-state index in [1.54, 1.807) is 32.0 Å². The topological polar surface area (TPSA) is 92.5 Å². The molecular formula is C15H14N2O4. The van der Waals surface area contributed by atoms with Gasteiger partial charge in [0.2, 0.25) is 0 Å². The Morgan fingerprint density at radius 3 is 2.52 bits per heavy atom. The van der Waals surface area contributed by atoms with Crippen LogP contribution < -0.4 is 5.32 Å². The van der Waals surface area contributed by atoms with Crippen LogP contribution in [0.15, 0.2) is 36.4 Å². The number of aromatic hydroxyl groups is 1. The molecule has 2 N–H and O–H groups in total. The third-order valence-electron chi connectivity index (χ3n) is 2.99. The first-order valence-corrected chi connectivity index (χ1v) is 6.24. The molecule has 0 spiro atoms. The number of anilines is 1. The third kappa shape index (κ3) is 3.36. The van der Waals surface area contributed by atoms with Gasteiger partial charge in [-0.15, -0.1) is 0 Å². The number of hydrogen-bond donors (Lipinski definition) is 2. The zero-order chi connectivity index (χ0) is 15.6. The summed E-state index contributed by atoms with van der Waals surface area (Å²) >= 11 is 0. The highest BCUT2D eigenvalue weighted by atomic mass is 16.6. The highest BCUT2D eigenvalue weighted by Crippen LogP contribution is 2.22. The smallest absolute Gasteiger partial charge is 0.270 e. The summed E-state index contributed by atoms with van der Waals surface area (Å²) in [5.74, 6) is -0.300. The summed E-state index contributed by atoms with van der Waals surface area (Å²) in [6.07, 6.45) is 0. The normalized spacial score (nSPS) is 10.2. The summed E-state index contributed by atoms with van der Waals surface area (Å²) in [5, 5.41) is 22.9. The number of phenols is 1. The van der Waals surface area contributed by atoms with Crippen LogP contribution in [0.5, 0.6) is 5.75 Å². The van der Waals surface area contributed by atoms with E-state index >= 15 is 0 Å². The van der Waals surface area contributed by atoms with E-state index in [9.17, 15) is 20.0 Å². The van der Waals surface area contributed by atoms with E-state index in [1.807, 2.05) is 0 Å². The SMILES string of the molecule is Cc1cc(C(=O)Nc2ccc(O)c(C)c2)cc([N+](=O)[O-])c1. The van der Waals surface area contributed by atoms with Crippen molar-refractivity contribution in [1.82, 2.24) is 0 Å². The van der Waals surface area contributed by atoms with E-state index in [2.05, 4.69) is 5.32 Å². The maximum Gasteiger partial charge on any atom is 0.270 e. The van der Waals surface area contributed by atoms with Crippen LogP contribution in [0.25, 0.3) is 0 Å². The standard InChI is InChI=1S/C15H14N2O4/c1-9-5-11(8-13(6-9)17(20)21)15(19)16-12-3-4-14(18)10(2)7-12/h3-8,18H,1-2H3,(H,16,19). The predicted molar refractivity (Wildman–Crippen MR) is 78.6 cm³/mol. The van der Waals surface area contributed by atoms with E-state index in [-0.39, 0.29) is 17.0 Å². The second kappa shape index (κ2) is 5.62. The number of phenolic OH excluding ortho intramolecular Hbond substituents is 1. The Hall–Kier alpha value is -2.89. The van der Waals surface area contributed by atoms with Gasteiger partial charge in [-0.1, -0.05) is 0 Å². The lowest BCUT2D eigenvalue weighted by Crippen LogP contribution is -2.12. The van der Waals surface area contributed by atoms with Crippen LogP contribution in [0.2, 0.25) is 0 Å². The van der Waals surface area contributed by atoms with E-state index in [4.69, 9.17) is 0 Å². The van der Waals surface area contributed by atoms with Crippen molar-refractivity contribution in [3.8, 4) is 5.75 Å². The molecule has 1 amide bonds. The first kappa shape index (κ1) is 14.5. The van der Waals surface area contributed by atoms with E-state index in [1.165, 1.54) is 18.2 Å². The van der Waals surface area contributed by atoms with Crippen LogP contribution in [0, 0.1) is 24.0 Å². The number of nitrogens with zero attached hydrogens (tertiary/aromatic N) is 1. The number of hydrogen-bond acceptors (Lipinski definition) is 4. The van der Waals surface area contributed by atoms with Crippen molar-refractivity contribution >= 4 is 17.3 Å². The average molecular weight is 286 g/mol. The molecule has 6 heteroatoms. The Morgan fingerprint density at radius 2 is 1.90 bits per heavy atom. The number of non-ortho nitro benzene ring substituents is 1. The molecule has 0 saturated heterocycles. The van der Waals surface area contributed by atoms with Crippen LogP contribution >= 0.6 is 0 Å². The van der Waals surface area contributed by atoms with Crippen molar-refractivity contribution in [2.45, 2.75) is 13.8 Å². The Kier molecular flexibility index (Phi) is 3.89. The van der Waals surface area contributed by atoms with Crippen LogP contribution in [-0.4, -0.2) is 15.9 Å². The fraction of sp³-hybridized carbons (Fsp3) is 0.133. The number of carbonyl (C=O) groups excluding carboxylic acids is 1. The number of benzene rings is 2. The number of amides is 1. The highest BCUT2D eigenvalue weighted by Gasteiger charge is 2.13. The van der Waals surface area contributed by atoms with Gasteiger partial charge in [0.25, 0.3) is 11.6 Å². The number of nitro groups is 1. The maximum atomic E-state index is 12.1. The third-order valence-corrected chi connectivity index (χ3v) is 2.99. The second-order valence-electron chi connectivity index (χ2n) is 4.77. The highest BCUT2D eigenvalue weighted by molar-refractivity contribution is 6.04. The lowest BCUT2D eigenvalue weighted by atomic mass is 10.1. The number of aryl methyl sites for hydroxylation is 2. The van der Waals surface area contributed by atoms with Crippen molar-refractivity contribution < 1.29 is 14.8 Å². The fourth-order valence-electron chi connectivity index (χ4n) is 1.94. The number of nitro benzene ring substituents is 1. The summed E-state index contributed by atoms with van der Waals surface area (Å²) in [5.41, 5.74) is 1.87. The Balaban J connectivity index is 2.27. The zero-order valence-corrected chi connectivity index (χ0v) is 11.6. The first-order chi connectivity index (χ1) is 9.86. The van der Waals surface area contributed by atoms with Gasteiger partial charge in [-0.25, -0.2) is 0 Å². The van der Waals surface area contributed by atoms with Gasteiger partial charge in [-0.05, 0) is 49.2 Å². The molecule has 6 nitrogen and oxygen atoms in total. The van der Waals surface area contributed by atoms with Crippen LogP contribution in [-0.2, 0) is 0 Å². The zero-order valence-electron chi connectivity index (χ0n) is 11.6. The molecule has 2 aromatic carbocycles. The molecule has 0 aromatic heterocycles. The van der Waals surface area contributed by atoms with Crippen LogP contribution in [0.1, 0.15) is 21.5 Å². The van der Waals surface area contributed by atoms with Crippen molar-refractivity contribution in [3.05, 3.63) is 63.2 Å². The Labute approximate surface area is 121 Å². The molecule has 0 aliphatic rings. The summed E-state index contributed by atoms with van der Waals surface area (Å²) < 4.78 is 0. The van der Waals surface area contributed by atoms with Gasteiger partial charge in [0.1, 0.15) is 5.75 Å². The van der Waals surface area contributed by atoms with Crippen LogP contribution in [0.3, 0.4) is 0 Å². The average Bonchev–Trinajstić information content (AvgIpc) is 2.42. The minimum atomic E-state index is -0.533. The monoisotopic (exact) mass is 286 g/mol. The van der Waals surface area contributed by atoms with Crippen molar-refractivity contribution in [2.24, 2.45) is 0 Å². The molecule has 0 aliphatic heterocycles. The van der Waals surface area contributed by atoms with E-state index in [0.717, 1.165) is 0 Å². The molecule has 2 aromatic rings. The molecule has 108 valence electrons. The van der Waals surface area contributed by atoms with Gasteiger partial charge in [-0.3, -0.25) is 14.9 Å². The molecular weight excluding hydrogens is 272 g/mol. The summed E-state index contributed by atoms with van der Waals surface area (Å²) in [6.45, 7) is 3.40. The van der Waals surface area contributed by atoms with Crippen molar-refractivity contribution in [2.75, 3.05) is 5.32 Å². The van der Waals surface area contributed by atoms with Gasteiger partial charge in [-0.2, -0.15) is 0 Å². The summed E-state index contributed by atoms with van der Waals surface area (Å²) in [4.78, 5) is 22.4. The van der Waals surface area contributed by atoms with E-state index in [0.29, 0.717) is 16.8 Å². The lowest BCUT2D eigenvalue weighted by Gasteiger charge is -2.08. The first-order valence-electron chi connectivity index (χ1n) is 6.24. The quantitative estimate of drug-likeness (QED) is 0.515. The number of carbonyl (C=O) groups is 1. The number of nitrogens with one attached hydrogen (secondary N) is 1. The molecule has 0 radical (unpaired) electrons.